The molecule has 0 rings (SSSR count). The summed E-state index contributed by atoms with van der Waals surface area (Å²) in [4.78, 5) is 19.7. The van der Waals surface area contributed by atoms with Gasteiger partial charge in [-0.1, -0.05) is 11.6 Å². The largest absolute Gasteiger partial charge is 0.480 e. The van der Waals surface area contributed by atoms with E-state index in [-0.39, 0.29) is 0 Å². The van der Waals surface area contributed by atoms with Gasteiger partial charge in [0.1, 0.15) is 0 Å². The van der Waals surface area contributed by atoms with Crippen LogP contribution in [0.15, 0.2) is 0 Å². The number of hydrogen-bond donors (Lipinski definition) is 3. The van der Waals surface area contributed by atoms with Gasteiger partial charge in [0, 0.05) is 0 Å². The molecule has 0 radical (unpaired) electrons. The van der Waals surface area contributed by atoms with Crippen molar-refractivity contribution in [3.05, 3.63) is 0 Å². The van der Waals surface area contributed by atoms with Gasteiger partial charge in [-0.15, -0.1) is 0 Å². The zero-order valence-corrected chi connectivity index (χ0v) is 5.63. The number of carbonyl (C=O) groups is 2. The Bertz CT molecular complexity index is 148. The molecule has 0 aliphatic rings. The molecule has 1 unspecified atom stereocenters. The second-order valence-corrected chi connectivity index (χ2v) is 1.91. The van der Waals surface area contributed by atoms with Crippen molar-refractivity contribution in [3.63, 3.8) is 0 Å². The molecule has 5 nitrogen and oxygen atoms in total. The van der Waals surface area contributed by atoms with Crippen molar-refractivity contribution >= 4 is 23.5 Å². The molecule has 0 fully saturated rings. The molecule has 6 heteroatoms. The molecule has 58 valence electrons. The molecular weight excluding hydrogens is 162 g/mol. The van der Waals surface area contributed by atoms with Gasteiger partial charge in [0.25, 0.3) is 0 Å². The molecule has 0 saturated carbocycles. The predicted octanol–water partition coefficient (Wildman–Crippen LogP) is -0.690. The molecule has 1 atom stereocenters. The highest BCUT2D eigenvalue weighted by Crippen LogP contribution is 1.88. The number of carboxylic acids is 2. The van der Waals surface area contributed by atoms with Crippen LogP contribution in [0.3, 0.4) is 0 Å². The minimum Gasteiger partial charge on any atom is -0.480 e. The lowest BCUT2D eigenvalue weighted by atomic mass is 10.6. The summed E-state index contributed by atoms with van der Waals surface area (Å²) >= 11 is 5.09. The molecule has 0 saturated heterocycles. The van der Waals surface area contributed by atoms with E-state index in [0.29, 0.717) is 0 Å². The number of nitrogens with one attached hydrogen (secondary N) is 1. The van der Waals surface area contributed by atoms with Crippen LogP contribution in [0.2, 0.25) is 0 Å². The van der Waals surface area contributed by atoms with Crippen LogP contribution >= 0.6 is 11.6 Å². The van der Waals surface area contributed by atoms with Crippen LogP contribution < -0.4 is 5.32 Å². The van der Waals surface area contributed by atoms with E-state index < -0.39 is 24.0 Å². The Kier molecular flexibility index (Phi) is 3.75. The van der Waals surface area contributed by atoms with E-state index in [1.807, 2.05) is 5.32 Å². The Morgan fingerprint density at radius 3 is 2.30 bits per heavy atom. The summed E-state index contributed by atoms with van der Waals surface area (Å²) in [6.07, 6.45) is 0. The fourth-order valence-corrected chi connectivity index (χ4v) is 0.341. The lowest BCUT2D eigenvalue weighted by Gasteiger charge is -2.02. The summed E-state index contributed by atoms with van der Waals surface area (Å²) in [6, 6.07) is 0. The summed E-state index contributed by atoms with van der Waals surface area (Å²) in [7, 11) is 0. The van der Waals surface area contributed by atoms with E-state index in [9.17, 15) is 9.59 Å². The van der Waals surface area contributed by atoms with Gasteiger partial charge in [-0.25, -0.2) is 4.79 Å². The molecule has 0 amide bonds. The maximum absolute atomic E-state index is 9.92. The lowest BCUT2D eigenvalue weighted by Crippen LogP contribution is -2.35. The van der Waals surface area contributed by atoms with E-state index in [0.717, 1.165) is 0 Å². The van der Waals surface area contributed by atoms with Crippen molar-refractivity contribution < 1.29 is 19.8 Å². The zero-order valence-electron chi connectivity index (χ0n) is 4.87. The normalized spacial score (nSPS) is 12.5. The molecule has 0 aromatic heterocycles. The molecule has 3 N–H and O–H groups in total. The quantitative estimate of drug-likeness (QED) is 0.381. The number of alkyl halides is 1. The number of halogens is 1. The molecule has 0 aromatic rings. The first kappa shape index (κ1) is 9.19. The van der Waals surface area contributed by atoms with Crippen molar-refractivity contribution in [2.24, 2.45) is 0 Å². The van der Waals surface area contributed by atoms with Crippen LogP contribution in [0.25, 0.3) is 0 Å². The number of hydrogen-bond acceptors (Lipinski definition) is 3. The van der Waals surface area contributed by atoms with Gasteiger partial charge in [0.05, 0.1) is 6.54 Å². The zero-order chi connectivity index (χ0) is 8.15. The molecule has 10 heavy (non-hydrogen) atoms. The van der Waals surface area contributed by atoms with Crippen molar-refractivity contribution in [1.29, 1.82) is 0 Å². The highest BCUT2D eigenvalue weighted by Gasteiger charge is 2.12. The van der Waals surface area contributed by atoms with Gasteiger partial charge in [0.2, 0.25) is 0 Å². The molecule has 0 spiro atoms. The standard InChI is InChI=1S/C4H6ClNO4/c5-3(4(9)10)6-1-2(7)8/h3,6H,1H2,(H,7,8)(H,9,10). The number of rotatable bonds is 4. The third-order valence-electron chi connectivity index (χ3n) is 0.649. The van der Waals surface area contributed by atoms with Crippen LogP contribution in [-0.4, -0.2) is 34.2 Å². The number of aliphatic carboxylic acids is 2. The van der Waals surface area contributed by atoms with Crippen LogP contribution in [-0.2, 0) is 9.59 Å². The van der Waals surface area contributed by atoms with Crippen molar-refractivity contribution in [2.45, 2.75) is 5.50 Å². The Balaban J connectivity index is 3.49. The summed E-state index contributed by atoms with van der Waals surface area (Å²) in [6.45, 7) is -0.458. The average Bonchev–Trinajstić information content (AvgIpc) is 1.82. The van der Waals surface area contributed by atoms with Crippen molar-refractivity contribution in [2.75, 3.05) is 6.54 Å². The molecule has 0 aliphatic carbocycles. The van der Waals surface area contributed by atoms with Crippen molar-refractivity contribution in [1.82, 2.24) is 5.32 Å². The molecule has 0 aliphatic heterocycles. The van der Waals surface area contributed by atoms with E-state index in [4.69, 9.17) is 21.8 Å². The maximum atomic E-state index is 9.92. The van der Waals surface area contributed by atoms with Gasteiger partial charge in [0.15, 0.2) is 5.50 Å². The van der Waals surface area contributed by atoms with Crippen LogP contribution in [0, 0.1) is 0 Å². The second-order valence-electron chi connectivity index (χ2n) is 1.48. The predicted molar refractivity (Wildman–Crippen MR) is 32.9 cm³/mol. The topological polar surface area (TPSA) is 86.6 Å². The van der Waals surface area contributed by atoms with E-state index >= 15 is 0 Å². The second kappa shape index (κ2) is 4.08. The third kappa shape index (κ3) is 4.11. The minimum atomic E-state index is -1.34. The van der Waals surface area contributed by atoms with Crippen LogP contribution in [0.1, 0.15) is 0 Å². The Morgan fingerprint density at radius 2 is 2.00 bits per heavy atom. The van der Waals surface area contributed by atoms with E-state index in [1.165, 1.54) is 0 Å². The Morgan fingerprint density at radius 1 is 1.50 bits per heavy atom. The maximum Gasteiger partial charge on any atom is 0.336 e. The van der Waals surface area contributed by atoms with Gasteiger partial charge in [-0.2, -0.15) is 0 Å². The molecule has 0 heterocycles. The monoisotopic (exact) mass is 167 g/mol. The minimum absolute atomic E-state index is 0.458. The smallest absolute Gasteiger partial charge is 0.336 e. The first-order valence-electron chi connectivity index (χ1n) is 2.36. The number of carboxylic acid groups (broad SMARTS) is 2. The first-order valence-corrected chi connectivity index (χ1v) is 2.79. The van der Waals surface area contributed by atoms with E-state index in [2.05, 4.69) is 0 Å². The summed E-state index contributed by atoms with van der Waals surface area (Å²) in [5, 5.41) is 18.2. The highest BCUT2D eigenvalue weighted by atomic mass is 35.5. The average molecular weight is 168 g/mol. The fourth-order valence-electron chi connectivity index (χ4n) is 0.264. The van der Waals surface area contributed by atoms with Crippen molar-refractivity contribution in [3.8, 4) is 0 Å². The molecule has 0 aromatic carbocycles. The summed E-state index contributed by atoms with van der Waals surface area (Å²) in [5.74, 6) is -2.44. The fraction of sp³-hybridized carbons (Fsp3) is 0.500. The molecular formula is C4H6ClNO4. The van der Waals surface area contributed by atoms with Crippen LogP contribution in [0.5, 0.6) is 0 Å². The summed E-state index contributed by atoms with van der Waals surface area (Å²) in [5.41, 5.74) is -1.34. The SMILES string of the molecule is O=C(O)CNC(Cl)C(=O)O. The third-order valence-corrected chi connectivity index (χ3v) is 0.990. The highest BCUT2D eigenvalue weighted by molar-refractivity contribution is 6.29. The van der Waals surface area contributed by atoms with Gasteiger partial charge in [-0.05, 0) is 0 Å². The summed E-state index contributed by atoms with van der Waals surface area (Å²) < 4.78 is 0. The Labute approximate surface area is 61.6 Å². The lowest BCUT2D eigenvalue weighted by molar-refractivity contribution is -0.138. The van der Waals surface area contributed by atoms with Gasteiger partial charge in [-0.3, -0.25) is 10.1 Å². The van der Waals surface area contributed by atoms with Gasteiger partial charge < -0.3 is 10.2 Å². The van der Waals surface area contributed by atoms with E-state index in [1.54, 1.807) is 0 Å². The Hall–Kier alpha value is -0.810. The van der Waals surface area contributed by atoms with Crippen LogP contribution in [0.4, 0.5) is 0 Å². The molecule has 0 bridgehead atoms. The van der Waals surface area contributed by atoms with Gasteiger partial charge >= 0.3 is 11.9 Å². The first-order chi connectivity index (χ1) is 4.54.